The number of hydrogen-bond acceptors (Lipinski definition) is 3. The van der Waals surface area contributed by atoms with Crippen LogP contribution in [-0.4, -0.2) is 15.9 Å². The van der Waals surface area contributed by atoms with Crippen molar-refractivity contribution >= 4 is 5.91 Å². The Morgan fingerprint density at radius 3 is 2.62 bits per heavy atom. The van der Waals surface area contributed by atoms with Crippen LogP contribution >= 0.6 is 0 Å². The summed E-state index contributed by atoms with van der Waals surface area (Å²) in [5, 5.41) is 0. The van der Waals surface area contributed by atoms with Gasteiger partial charge in [0.1, 0.15) is 5.69 Å². The average Bonchev–Trinajstić information content (AvgIpc) is 2.16. The van der Waals surface area contributed by atoms with Crippen molar-refractivity contribution in [3.05, 3.63) is 23.3 Å². The summed E-state index contributed by atoms with van der Waals surface area (Å²) in [5.41, 5.74) is 7.01. The smallest absolute Gasteiger partial charge is 0.269 e. The number of aryl methyl sites for hydroxylation is 2. The van der Waals surface area contributed by atoms with E-state index in [1.165, 1.54) is 0 Å². The van der Waals surface area contributed by atoms with Crippen LogP contribution in [0.1, 0.15) is 35.7 Å². The van der Waals surface area contributed by atoms with Crippen LogP contribution in [0.3, 0.4) is 0 Å². The lowest BCUT2D eigenvalue weighted by Gasteiger charge is -2.03. The Hall–Kier alpha value is -1.45. The molecule has 4 nitrogen and oxygen atoms in total. The molecule has 0 radical (unpaired) electrons. The van der Waals surface area contributed by atoms with Gasteiger partial charge in [-0.3, -0.25) is 9.78 Å². The quantitative estimate of drug-likeness (QED) is 0.742. The van der Waals surface area contributed by atoms with Crippen molar-refractivity contribution in [2.75, 3.05) is 0 Å². The SMILES string of the molecule is CCc1cnc(C(N)=O)c(CC)n1. The van der Waals surface area contributed by atoms with Gasteiger partial charge in [-0.05, 0) is 12.8 Å². The fourth-order valence-electron chi connectivity index (χ4n) is 1.09. The Morgan fingerprint density at radius 2 is 2.15 bits per heavy atom. The molecule has 0 bridgehead atoms. The molecule has 0 saturated heterocycles. The maximum atomic E-state index is 10.9. The van der Waals surface area contributed by atoms with Crippen LogP contribution in [0.2, 0.25) is 0 Å². The third kappa shape index (κ3) is 2.02. The van der Waals surface area contributed by atoms with Crippen molar-refractivity contribution in [1.29, 1.82) is 0 Å². The van der Waals surface area contributed by atoms with Gasteiger partial charge >= 0.3 is 0 Å². The molecule has 0 aliphatic rings. The average molecular weight is 179 g/mol. The summed E-state index contributed by atoms with van der Waals surface area (Å²) < 4.78 is 0. The minimum Gasteiger partial charge on any atom is -0.364 e. The highest BCUT2D eigenvalue weighted by molar-refractivity contribution is 5.91. The molecule has 1 aromatic rings. The van der Waals surface area contributed by atoms with Crippen molar-refractivity contribution in [1.82, 2.24) is 9.97 Å². The van der Waals surface area contributed by atoms with Crippen LogP contribution in [0, 0.1) is 0 Å². The second-order valence-corrected chi connectivity index (χ2v) is 2.73. The summed E-state index contributed by atoms with van der Waals surface area (Å²) in [6.45, 7) is 3.92. The van der Waals surface area contributed by atoms with E-state index in [0.29, 0.717) is 17.8 Å². The predicted octanol–water partition coefficient (Wildman–Crippen LogP) is 0.700. The van der Waals surface area contributed by atoms with E-state index in [4.69, 9.17) is 5.73 Å². The van der Waals surface area contributed by atoms with Gasteiger partial charge in [-0.2, -0.15) is 0 Å². The lowest BCUT2D eigenvalue weighted by molar-refractivity contribution is 0.0994. The minimum absolute atomic E-state index is 0.291. The summed E-state index contributed by atoms with van der Waals surface area (Å²) in [4.78, 5) is 19.2. The van der Waals surface area contributed by atoms with Crippen LogP contribution in [0.25, 0.3) is 0 Å². The molecule has 0 aromatic carbocycles. The van der Waals surface area contributed by atoms with E-state index < -0.39 is 5.91 Å². The first-order valence-corrected chi connectivity index (χ1v) is 4.33. The van der Waals surface area contributed by atoms with E-state index >= 15 is 0 Å². The second kappa shape index (κ2) is 3.98. The van der Waals surface area contributed by atoms with Crippen LogP contribution < -0.4 is 5.73 Å². The number of amides is 1. The fourth-order valence-corrected chi connectivity index (χ4v) is 1.09. The lowest BCUT2D eigenvalue weighted by Crippen LogP contribution is -2.17. The summed E-state index contributed by atoms with van der Waals surface area (Å²) in [6, 6.07) is 0. The Bertz CT molecular complexity index is 323. The van der Waals surface area contributed by atoms with Gasteiger partial charge in [0.25, 0.3) is 5.91 Å². The Balaban J connectivity index is 3.15. The monoisotopic (exact) mass is 179 g/mol. The molecule has 1 aromatic heterocycles. The molecule has 13 heavy (non-hydrogen) atoms. The summed E-state index contributed by atoms with van der Waals surface area (Å²) in [6.07, 6.45) is 3.09. The van der Waals surface area contributed by atoms with Crippen molar-refractivity contribution in [3.8, 4) is 0 Å². The zero-order chi connectivity index (χ0) is 9.84. The van der Waals surface area contributed by atoms with Gasteiger partial charge in [-0.25, -0.2) is 4.98 Å². The minimum atomic E-state index is -0.507. The van der Waals surface area contributed by atoms with Gasteiger partial charge in [-0.15, -0.1) is 0 Å². The van der Waals surface area contributed by atoms with Gasteiger partial charge in [0.2, 0.25) is 0 Å². The Labute approximate surface area is 77.2 Å². The molecule has 0 aliphatic carbocycles. The molecule has 4 heteroatoms. The molecule has 0 spiro atoms. The van der Waals surface area contributed by atoms with E-state index in [-0.39, 0.29) is 0 Å². The molecule has 0 saturated carbocycles. The van der Waals surface area contributed by atoms with Gasteiger partial charge in [0, 0.05) is 6.20 Å². The van der Waals surface area contributed by atoms with Crippen molar-refractivity contribution in [2.45, 2.75) is 26.7 Å². The van der Waals surface area contributed by atoms with Crippen molar-refractivity contribution in [2.24, 2.45) is 5.73 Å². The van der Waals surface area contributed by atoms with E-state index in [1.807, 2.05) is 13.8 Å². The number of carbonyl (C=O) groups is 1. The molecule has 2 N–H and O–H groups in total. The molecule has 1 amide bonds. The standard InChI is InChI=1S/C9H13N3O/c1-3-6-5-11-8(9(10)13)7(4-2)12-6/h5H,3-4H2,1-2H3,(H2,10,13). The summed E-state index contributed by atoms with van der Waals surface area (Å²) in [7, 11) is 0. The highest BCUT2D eigenvalue weighted by Crippen LogP contribution is 2.04. The van der Waals surface area contributed by atoms with E-state index in [1.54, 1.807) is 6.20 Å². The summed E-state index contributed by atoms with van der Waals surface area (Å²) >= 11 is 0. The van der Waals surface area contributed by atoms with E-state index in [9.17, 15) is 4.79 Å². The van der Waals surface area contributed by atoms with Crippen LogP contribution in [0.15, 0.2) is 6.20 Å². The predicted molar refractivity (Wildman–Crippen MR) is 49.3 cm³/mol. The number of primary amides is 1. The third-order valence-electron chi connectivity index (χ3n) is 1.83. The van der Waals surface area contributed by atoms with Crippen LogP contribution in [0.4, 0.5) is 0 Å². The largest absolute Gasteiger partial charge is 0.364 e. The van der Waals surface area contributed by atoms with Crippen molar-refractivity contribution in [3.63, 3.8) is 0 Å². The lowest BCUT2D eigenvalue weighted by atomic mass is 10.2. The van der Waals surface area contributed by atoms with Gasteiger partial charge < -0.3 is 5.73 Å². The molecule has 1 heterocycles. The zero-order valence-corrected chi connectivity index (χ0v) is 7.87. The fraction of sp³-hybridized carbons (Fsp3) is 0.444. The van der Waals surface area contributed by atoms with E-state index in [0.717, 1.165) is 12.1 Å². The maximum absolute atomic E-state index is 10.9. The van der Waals surface area contributed by atoms with Crippen LogP contribution in [0.5, 0.6) is 0 Å². The number of hydrogen-bond donors (Lipinski definition) is 1. The molecular weight excluding hydrogens is 166 g/mol. The first-order valence-electron chi connectivity index (χ1n) is 4.33. The van der Waals surface area contributed by atoms with E-state index in [2.05, 4.69) is 9.97 Å². The first-order chi connectivity index (χ1) is 6.19. The molecule has 1 rings (SSSR count). The third-order valence-corrected chi connectivity index (χ3v) is 1.83. The highest BCUT2D eigenvalue weighted by Gasteiger charge is 2.09. The number of rotatable bonds is 3. The molecule has 70 valence electrons. The number of nitrogens with zero attached hydrogens (tertiary/aromatic N) is 2. The van der Waals surface area contributed by atoms with Crippen molar-refractivity contribution < 1.29 is 4.79 Å². The number of carbonyl (C=O) groups excluding carboxylic acids is 1. The van der Waals surface area contributed by atoms with Gasteiger partial charge in [0.05, 0.1) is 11.4 Å². The van der Waals surface area contributed by atoms with Crippen LogP contribution in [-0.2, 0) is 12.8 Å². The molecule has 0 fully saturated rings. The molecule has 0 atom stereocenters. The molecule has 0 unspecified atom stereocenters. The number of nitrogens with two attached hydrogens (primary N) is 1. The summed E-state index contributed by atoms with van der Waals surface area (Å²) in [5.74, 6) is -0.507. The Kier molecular flexibility index (Phi) is 2.95. The topological polar surface area (TPSA) is 68.9 Å². The molecular formula is C9H13N3O. The maximum Gasteiger partial charge on any atom is 0.269 e. The van der Waals surface area contributed by atoms with Gasteiger partial charge in [-0.1, -0.05) is 13.8 Å². The Morgan fingerprint density at radius 1 is 1.46 bits per heavy atom. The normalized spacial score (nSPS) is 10.0. The highest BCUT2D eigenvalue weighted by atomic mass is 16.1. The first kappa shape index (κ1) is 9.64. The number of aromatic nitrogens is 2. The zero-order valence-electron chi connectivity index (χ0n) is 7.87. The van der Waals surface area contributed by atoms with Gasteiger partial charge in [0.15, 0.2) is 0 Å². The molecule has 0 aliphatic heterocycles. The second-order valence-electron chi connectivity index (χ2n) is 2.73.